The SMILES string of the molecule is CCCCCCCCCCCCCCCCCC(=O)O.O=S(=O)([O-])[O-].[Ba+2]. The molecule has 0 aromatic carbocycles. The molecule has 0 spiro atoms. The molecule has 6 nitrogen and oxygen atoms in total. The zero-order chi connectivity index (χ0) is 19.4. The Bertz CT molecular complexity index is 379. The van der Waals surface area contributed by atoms with Crippen molar-refractivity contribution in [3.8, 4) is 0 Å². The topological polar surface area (TPSA) is 118 Å². The molecule has 8 heteroatoms. The van der Waals surface area contributed by atoms with Crippen LogP contribution < -0.4 is 0 Å². The number of hydrogen-bond donors (Lipinski definition) is 1. The van der Waals surface area contributed by atoms with Crippen LogP contribution in [0.2, 0.25) is 0 Å². The van der Waals surface area contributed by atoms with Crippen molar-refractivity contribution in [1.82, 2.24) is 0 Å². The molecule has 0 aliphatic carbocycles. The van der Waals surface area contributed by atoms with Gasteiger partial charge in [-0.25, -0.2) is 0 Å². The standard InChI is InChI=1S/C18H36O2.Ba.H2O4S/c1-2-3-4-5-6-7-8-9-10-11-12-13-14-15-16-17-18(19)20;;1-5(2,3)4/h2-17H2,1H3,(H,19,20);;(H2,1,2,3,4)/q;+2;/p-2. The Hall–Kier alpha value is 0.911. The van der Waals surface area contributed by atoms with E-state index in [1.54, 1.807) is 0 Å². The van der Waals surface area contributed by atoms with Gasteiger partial charge in [0.05, 0.1) is 0 Å². The maximum absolute atomic E-state index is 10.3. The molecule has 0 aliphatic heterocycles. The van der Waals surface area contributed by atoms with Gasteiger partial charge in [0.2, 0.25) is 0 Å². The molecule has 0 fully saturated rings. The van der Waals surface area contributed by atoms with Gasteiger partial charge in [-0.3, -0.25) is 13.2 Å². The van der Waals surface area contributed by atoms with Crippen LogP contribution in [0.15, 0.2) is 0 Å². The van der Waals surface area contributed by atoms with Gasteiger partial charge < -0.3 is 14.2 Å². The summed E-state index contributed by atoms with van der Waals surface area (Å²) < 4.78 is 34.1. The molecule has 26 heavy (non-hydrogen) atoms. The van der Waals surface area contributed by atoms with Gasteiger partial charge in [0.15, 0.2) is 0 Å². The Morgan fingerprint density at radius 2 is 0.923 bits per heavy atom. The van der Waals surface area contributed by atoms with Crippen molar-refractivity contribution < 1.29 is 27.4 Å². The van der Waals surface area contributed by atoms with Gasteiger partial charge in [-0.15, -0.1) is 0 Å². The second-order valence-electron chi connectivity index (χ2n) is 6.50. The summed E-state index contributed by atoms with van der Waals surface area (Å²) >= 11 is 0. The molecule has 0 bridgehead atoms. The summed E-state index contributed by atoms with van der Waals surface area (Å²) in [5.74, 6) is -0.653. The average Bonchev–Trinajstić information content (AvgIpc) is 2.49. The van der Waals surface area contributed by atoms with Gasteiger partial charge in [-0.1, -0.05) is 96.8 Å². The fourth-order valence-electron chi connectivity index (χ4n) is 2.65. The number of hydrogen-bond acceptors (Lipinski definition) is 5. The molecule has 0 heterocycles. The predicted molar refractivity (Wildman–Crippen MR) is 103 cm³/mol. The molecular formula is C18H36BaO6S. The monoisotopic (exact) mass is 518 g/mol. The van der Waals surface area contributed by atoms with Gasteiger partial charge in [0.1, 0.15) is 0 Å². The van der Waals surface area contributed by atoms with Crippen LogP contribution in [0.3, 0.4) is 0 Å². The van der Waals surface area contributed by atoms with E-state index in [1.807, 2.05) is 0 Å². The van der Waals surface area contributed by atoms with E-state index in [0.29, 0.717) is 6.42 Å². The van der Waals surface area contributed by atoms with Crippen LogP contribution in [-0.2, 0) is 15.2 Å². The summed E-state index contributed by atoms with van der Waals surface area (Å²) in [7, 11) is -5.17. The molecule has 0 amide bonds. The largest absolute Gasteiger partial charge is 2.00 e. The number of carbonyl (C=O) groups is 1. The smallest absolute Gasteiger partial charge is 0.759 e. The first-order valence-corrected chi connectivity index (χ1v) is 11.0. The van der Waals surface area contributed by atoms with E-state index in [-0.39, 0.29) is 48.9 Å². The Morgan fingerprint density at radius 3 is 1.15 bits per heavy atom. The van der Waals surface area contributed by atoms with E-state index in [1.165, 1.54) is 83.5 Å². The quantitative estimate of drug-likeness (QED) is 0.138. The van der Waals surface area contributed by atoms with E-state index in [9.17, 15) is 4.79 Å². The third kappa shape index (κ3) is 44.4. The van der Waals surface area contributed by atoms with Crippen molar-refractivity contribution in [2.75, 3.05) is 0 Å². The van der Waals surface area contributed by atoms with Crippen LogP contribution in [0.25, 0.3) is 0 Å². The summed E-state index contributed by atoms with van der Waals surface area (Å²) in [6.07, 6.45) is 20.2. The van der Waals surface area contributed by atoms with Crippen molar-refractivity contribution in [2.45, 2.75) is 110 Å². The van der Waals surface area contributed by atoms with Gasteiger partial charge >= 0.3 is 54.9 Å². The molecular weight excluding hydrogens is 482 g/mol. The van der Waals surface area contributed by atoms with E-state index < -0.39 is 16.4 Å². The first-order chi connectivity index (χ1) is 11.8. The third-order valence-electron chi connectivity index (χ3n) is 3.99. The maximum Gasteiger partial charge on any atom is 2.00 e. The van der Waals surface area contributed by atoms with Crippen molar-refractivity contribution in [3.05, 3.63) is 0 Å². The summed E-state index contributed by atoms with van der Waals surface area (Å²) in [5.41, 5.74) is 0. The number of carboxylic acids is 1. The van der Waals surface area contributed by atoms with E-state index in [0.717, 1.165) is 12.8 Å². The second-order valence-corrected chi connectivity index (χ2v) is 7.32. The average molecular weight is 518 g/mol. The summed E-state index contributed by atoms with van der Waals surface area (Å²) in [6.45, 7) is 2.27. The van der Waals surface area contributed by atoms with Crippen LogP contribution in [0.1, 0.15) is 110 Å². The molecule has 0 aromatic rings. The maximum atomic E-state index is 10.3. The van der Waals surface area contributed by atoms with Crippen LogP contribution in [-0.4, -0.2) is 77.5 Å². The Labute approximate surface area is 200 Å². The van der Waals surface area contributed by atoms with Crippen LogP contribution >= 0.6 is 0 Å². The second kappa shape index (κ2) is 24.0. The van der Waals surface area contributed by atoms with Crippen molar-refractivity contribution in [3.63, 3.8) is 0 Å². The summed E-state index contributed by atoms with van der Waals surface area (Å²) in [6, 6.07) is 0. The first-order valence-electron chi connectivity index (χ1n) is 9.66. The molecule has 0 atom stereocenters. The molecule has 0 saturated carbocycles. The Kier molecular flexibility index (Phi) is 29.1. The zero-order valence-corrected chi connectivity index (χ0v) is 21.7. The minimum atomic E-state index is -5.17. The van der Waals surface area contributed by atoms with Crippen LogP contribution in [0.5, 0.6) is 0 Å². The van der Waals surface area contributed by atoms with Crippen molar-refractivity contribution in [2.24, 2.45) is 0 Å². The number of unbranched alkanes of at least 4 members (excludes halogenated alkanes) is 14. The normalized spacial score (nSPS) is 10.6. The van der Waals surface area contributed by atoms with Crippen LogP contribution in [0, 0.1) is 0 Å². The number of rotatable bonds is 16. The fourth-order valence-corrected chi connectivity index (χ4v) is 2.65. The summed E-state index contributed by atoms with van der Waals surface area (Å²) in [4.78, 5) is 10.3. The third-order valence-corrected chi connectivity index (χ3v) is 3.99. The predicted octanol–water partition coefficient (Wildman–Crippen LogP) is 4.61. The van der Waals surface area contributed by atoms with Gasteiger partial charge in [-0.05, 0) is 6.42 Å². The fraction of sp³-hybridized carbons (Fsp3) is 0.944. The Morgan fingerprint density at radius 1 is 0.692 bits per heavy atom. The van der Waals surface area contributed by atoms with Gasteiger partial charge in [0.25, 0.3) is 0 Å². The minimum absolute atomic E-state index is 0. The van der Waals surface area contributed by atoms with Crippen LogP contribution in [0.4, 0.5) is 0 Å². The Balaban J connectivity index is -0.000000772. The first kappa shape index (κ1) is 31.6. The molecule has 0 radical (unpaired) electrons. The minimum Gasteiger partial charge on any atom is -0.759 e. The van der Waals surface area contributed by atoms with Gasteiger partial charge in [-0.2, -0.15) is 0 Å². The molecule has 152 valence electrons. The van der Waals surface area contributed by atoms with E-state index in [4.69, 9.17) is 22.6 Å². The van der Waals surface area contributed by atoms with E-state index in [2.05, 4.69) is 6.92 Å². The van der Waals surface area contributed by atoms with E-state index >= 15 is 0 Å². The molecule has 0 aliphatic rings. The number of carboxylic acid groups (broad SMARTS) is 1. The number of aliphatic carboxylic acids is 1. The van der Waals surface area contributed by atoms with Gasteiger partial charge in [0, 0.05) is 16.8 Å². The molecule has 0 saturated heterocycles. The molecule has 0 unspecified atom stereocenters. The summed E-state index contributed by atoms with van der Waals surface area (Å²) in [5, 5.41) is 8.52. The van der Waals surface area contributed by atoms with Crippen molar-refractivity contribution in [1.29, 1.82) is 0 Å². The van der Waals surface area contributed by atoms with Crippen molar-refractivity contribution >= 4 is 65.2 Å². The zero-order valence-electron chi connectivity index (χ0n) is 16.4. The molecule has 1 N–H and O–H groups in total. The molecule has 0 rings (SSSR count). The molecule has 0 aromatic heterocycles.